The first-order valence-corrected chi connectivity index (χ1v) is 5.38. The minimum Gasteiger partial charge on any atom is -0.481 e. The van der Waals surface area contributed by atoms with Gasteiger partial charge in [0.25, 0.3) is 0 Å². The Morgan fingerprint density at radius 1 is 1.56 bits per heavy atom. The van der Waals surface area contributed by atoms with Crippen molar-refractivity contribution >= 4 is 5.97 Å². The molecule has 2 nitrogen and oxygen atoms in total. The van der Waals surface area contributed by atoms with Crippen LogP contribution in [0.15, 0.2) is 24.3 Å². The van der Waals surface area contributed by atoms with E-state index in [9.17, 15) is 4.79 Å². The quantitative estimate of drug-likeness (QED) is 0.607. The Hall–Kier alpha value is -1.75. The molecule has 0 aromatic heterocycles. The van der Waals surface area contributed by atoms with Crippen LogP contribution in [-0.2, 0) is 4.79 Å². The summed E-state index contributed by atoms with van der Waals surface area (Å²) >= 11 is 0. The van der Waals surface area contributed by atoms with Gasteiger partial charge >= 0.3 is 5.97 Å². The zero-order valence-corrected chi connectivity index (χ0v) is 9.44. The van der Waals surface area contributed by atoms with E-state index < -0.39 is 11.9 Å². The first-order valence-electron chi connectivity index (χ1n) is 5.38. The number of carboxylic acid groups (broad SMARTS) is 1. The van der Waals surface area contributed by atoms with Crippen molar-refractivity contribution in [2.24, 2.45) is 0 Å². The number of terminal acetylenes is 1. The van der Waals surface area contributed by atoms with E-state index in [2.05, 4.69) is 5.92 Å². The van der Waals surface area contributed by atoms with Crippen LogP contribution >= 0.6 is 0 Å². The van der Waals surface area contributed by atoms with Crippen LogP contribution in [0.4, 0.5) is 0 Å². The Labute approximate surface area is 96.3 Å². The van der Waals surface area contributed by atoms with E-state index in [4.69, 9.17) is 11.5 Å². The van der Waals surface area contributed by atoms with Gasteiger partial charge in [0.05, 0.1) is 5.92 Å². The third kappa shape index (κ3) is 3.43. The SMILES string of the molecule is C#CCCCC(C(=O)O)c1cccc(C)c1. The molecule has 1 unspecified atom stereocenters. The van der Waals surface area contributed by atoms with Gasteiger partial charge < -0.3 is 5.11 Å². The third-order valence-corrected chi connectivity index (χ3v) is 2.56. The molecule has 84 valence electrons. The van der Waals surface area contributed by atoms with E-state index in [1.165, 1.54) is 0 Å². The summed E-state index contributed by atoms with van der Waals surface area (Å²) in [6.45, 7) is 1.96. The van der Waals surface area contributed by atoms with Gasteiger partial charge in [0.15, 0.2) is 0 Å². The van der Waals surface area contributed by atoms with Crippen molar-refractivity contribution in [3.8, 4) is 12.3 Å². The maximum absolute atomic E-state index is 11.2. The molecule has 2 heteroatoms. The van der Waals surface area contributed by atoms with E-state index in [-0.39, 0.29) is 0 Å². The Morgan fingerprint density at radius 3 is 2.88 bits per heavy atom. The summed E-state index contributed by atoms with van der Waals surface area (Å²) in [7, 11) is 0. The van der Waals surface area contributed by atoms with Gasteiger partial charge in [-0.2, -0.15) is 0 Å². The number of rotatable bonds is 5. The van der Waals surface area contributed by atoms with Crippen molar-refractivity contribution < 1.29 is 9.90 Å². The van der Waals surface area contributed by atoms with E-state index >= 15 is 0 Å². The fourth-order valence-corrected chi connectivity index (χ4v) is 1.73. The Kier molecular flexibility index (Phi) is 4.60. The monoisotopic (exact) mass is 216 g/mol. The zero-order chi connectivity index (χ0) is 12.0. The van der Waals surface area contributed by atoms with Crippen LogP contribution in [0.3, 0.4) is 0 Å². The lowest BCUT2D eigenvalue weighted by Crippen LogP contribution is -2.11. The average Bonchev–Trinajstić information content (AvgIpc) is 2.24. The molecular weight excluding hydrogens is 200 g/mol. The van der Waals surface area contributed by atoms with Gasteiger partial charge in [-0.25, -0.2) is 0 Å². The van der Waals surface area contributed by atoms with Crippen LogP contribution in [0.5, 0.6) is 0 Å². The van der Waals surface area contributed by atoms with Gasteiger partial charge in [0, 0.05) is 6.42 Å². The van der Waals surface area contributed by atoms with Gasteiger partial charge in [-0.05, 0) is 25.3 Å². The summed E-state index contributed by atoms with van der Waals surface area (Å²) in [6, 6.07) is 7.64. The molecule has 0 aliphatic heterocycles. The van der Waals surface area contributed by atoms with E-state index in [1.54, 1.807) is 0 Å². The smallest absolute Gasteiger partial charge is 0.310 e. The van der Waals surface area contributed by atoms with E-state index in [0.717, 1.165) is 17.5 Å². The summed E-state index contributed by atoms with van der Waals surface area (Å²) in [5.41, 5.74) is 1.95. The molecule has 0 aliphatic carbocycles. The normalized spacial score (nSPS) is 11.8. The van der Waals surface area contributed by atoms with Crippen molar-refractivity contribution in [2.75, 3.05) is 0 Å². The molecule has 0 aliphatic rings. The van der Waals surface area contributed by atoms with Crippen LogP contribution in [0.2, 0.25) is 0 Å². The van der Waals surface area contributed by atoms with Crippen LogP contribution in [0.1, 0.15) is 36.3 Å². The number of hydrogen-bond donors (Lipinski definition) is 1. The highest BCUT2D eigenvalue weighted by atomic mass is 16.4. The molecule has 0 heterocycles. The van der Waals surface area contributed by atoms with Gasteiger partial charge in [-0.1, -0.05) is 29.8 Å². The lowest BCUT2D eigenvalue weighted by Gasteiger charge is -2.12. The van der Waals surface area contributed by atoms with Crippen molar-refractivity contribution in [3.63, 3.8) is 0 Å². The van der Waals surface area contributed by atoms with Crippen LogP contribution in [-0.4, -0.2) is 11.1 Å². The lowest BCUT2D eigenvalue weighted by molar-refractivity contribution is -0.139. The van der Waals surface area contributed by atoms with Gasteiger partial charge in [0.1, 0.15) is 0 Å². The summed E-state index contributed by atoms with van der Waals surface area (Å²) in [5, 5.41) is 9.17. The van der Waals surface area contributed by atoms with Crippen LogP contribution < -0.4 is 0 Å². The Balaban J connectivity index is 2.78. The highest BCUT2D eigenvalue weighted by molar-refractivity contribution is 5.76. The van der Waals surface area contributed by atoms with E-state index in [0.29, 0.717) is 12.8 Å². The summed E-state index contributed by atoms with van der Waals surface area (Å²) in [4.78, 5) is 11.2. The second-order valence-electron chi connectivity index (χ2n) is 3.90. The minimum absolute atomic E-state index is 0.437. The number of benzene rings is 1. The number of carboxylic acids is 1. The molecule has 0 radical (unpaired) electrons. The second-order valence-corrected chi connectivity index (χ2v) is 3.90. The molecular formula is C14H16O2. The summed E-state index contributed by atoms with van der Waals surface area (Å²) in [6.07, 6.45) is 7.14. The number of unbranched alkanes of at least 4 members (excludes halogenated alkanes) is 1. The molecule has 0 saturated carbocycles. The van der Waals surface area contributed by atoms with E-state index in [1.807, 2.05) is 31.2 Å². The molecule has 0 spiro atoms. The third-order valence-electron chi connectivity index (χ3n) is 2.56. The molecule has 1 aromatic carbocycles. The maximum Gasteiger partial charge on any atom is 0.310 e. The minimum atomic E-state index is -0.775. The topological polar surface area (TPSA) is 37.3 Å². The highest BCUT2D eigenvalue weighted by Crippen LogP contribution is 2.23. The molecule has 1 N–H and O–H groups in total. The molecule has 0 bridgehead atoms. The standard InChI is InChI=1S/C14H16O2/c1-3-4-5-9-13(14(15)16)12-8-6-7-11(2)10-12/h1,6-8,10,13H,4-5,9H2,2H3,(H,15,16). The molecule has 1 aromatic rings. The molecule has 1 rings (SSSR count). The molecule has 0 amide bonds. The van der Waals surface area contributed by atoms with Gasteiger partial charge in [0.2, 0.25) is 0 Å². The van der Waals surface area contributed by atoms with Crippen molar-refractivity contribution in [2.45, 2.75) is 32.1 Å². The molecule has 1 atom stereocenters. The fourth-order valence-electron chi connectivity index (χ4n) is 1.73. The Bertz CT molecular complexity index is 401. The highest BCUT2D eigenvalue weighted by Gasteiger charge is 2.18. The number of hydrogen-bond acceptors (Lipinski definition) is 1. The number of carbonyl (C=O) groups is 1. The molecule has 0 saturated heterocycles. The molecule has 16 heavy (non-hydrogen) atoms. The van der Waals surface area contributed by atoms with Crippen molar-refractivity contribution in [1.82, 2.24) is 0 Å². The second kappa shape index (κ2) is 5.97. The van der Waals surface area contributed by atoms with Crippen molar-refractivity contribution in [1.29, 1.82) is 0 Å². The first-order chi connectivity index (χ1) is 7.65. The van der Waals surface area contributed by atoms with Crippen LogP contribution in [0, 0.1) is 19.3 Å². The predicted molar refractivity (Wildman–Crippen MR) is 64.2 cm³/mol. The van der Waals surface area contributed by atoms with Crippen molar-refractivity contribution in [3.05, 3.63) is 35.4 Å². The summed E-state index contributed by atoms with van der Waals surface area (Å²) in [5.74, 6) is 1.32. The van der Waals surface area contributed by atoms with Gasteiger partial charge in [-0.15, -0.1) is 12.3 Å². The van der Waals surface area contributed by atoms with Crippen LogP contribution in [0.25, 0.3) is 0 Å². The largest absolute Gasteiger partial charge is 0.481 e. The number of aryl methyl sites for hydroxylation is 1. The average molecular weight is 216 g/mol. The number of aliphatic carboxylic acids is 1. The maximum atomic E-state index is 11.2. The Morgan fingerprint density at radius 2 is 2.31 bits per heavy atom. The molecule has 0 fully saturated rings. The first kappa shape index (κ1) is 12.3. The zero-order valence-electron chi connectivity index (χ0n) is 9.44. The fraction of sp³-hybridized carbons (Fsp3) is 0.357. The predicted octanol–water partition coefficient (Wildman–Crippen LogP) is 2.97. The van der Waals surface area contributed by atoms with Gasteiger partial charge in [-0.3, -0.25) is 4.79 Å². The summed E-state index contributed by atoms with van der Waals surface area (Å²) < 4.78 is 0. The lowest BCUT2D eigenvalue weighted by atomic mass is 9.93.